The van der Waals surface area contributed by atoms with Crippen LogP contribution in [-0.2, 0) is 11.3 Å². The van der Waals surface area contributed by atoms with Crippen LogP contribution < -0.4 is 10.1 Å². The van der Waals surface area contributed by atoms with E-state index in [2.05, 4.69) is 5.32 Å². The average Bonchev–Trinajstić information content (AvgIpc) is 2.51. The highest BCUT2D eigenvalue weighted by molar-refractivity contribution is 5.74. The molecule has 0 spiro atoms. The van der Waals surface area contributed by atoms with Gasteiger partial charge in [-0.05, 0) is 31.0 Å². The minimum Gasteiger partial charge on any atom is -0.494 e. The normalized spacial score (nSPS) is 10.2. The van der Waals surface area contributed by atoms with Crippen molar-refractivity contribution in [1.82, 2.24) is 10.2 Å². The van der Waals surface area contributed by atoms with Crippen LogP contribution in [0.1, 0.15) is 25.3 Å². The minimum absolute atomic E-state index is 0.0106. The number of carbonyl (C=O) groups is 2. The monoisotopic (exact) mass is 324 g/mol. The molecule has 0 fully saturated rings. The number of carboxylic acid groups (broad SMARTS) is 1. The third kappa shape index (κ3) is 7.51. The molecule has 0 saturated carbocycles. The van der Waals surface area contributed by atoms with E-state index in [1.807, 2.05) is 31.2 Å². The number of aliphatic carboxylic acids is 1. The van der Waals surface area contributed by atoms with E-state index in [0.29, 0.717) is 19.6 Å². The molecule has 0 aliphatic heterocycles. The Morgan fingerprint density at radius 3 is 2.78 bits per heavy atom. The van der Waals surface area contributed by atoms with Gasteiger partial charge in [-0.15, -0.1) is 0 Å². The van der Waals surface area contributed by atoms with Crippen LogP contribution in [0.15, 0.2) is 24.3 Å². The average molecular weight is 324 g/mol. The highest BCUT2D eigenvalue weighted by Gasteiger charge is 2.13. The van der Waals surface area contributed by atoms with Gasteiger partial charge in [0, 0.05) is 26.1 Å². The van der Waals surface area contributed by atoms with E-state index in [1.54, 1.807) is 0 Å². The number of aliphatic hydroxyl groups is 1. The van der Waals surface area contributed by atoms with Gasteiger partial charge in [0.25, 0.3) is 0 Å². The maximum absolute atomic E-state index is 12.1. The van der Waals surface area contributed by atoms with Crippen molar-refractivity contribution < 1.29 is 24.5 Å². The first-order chi connectivity index (χ1) is 11.1. The molecule has 0 aliphatic rings. The molecule has 1 aromatic rings. The van der Waals surface area contributed by atoms with Crippen LogP contribution in [0.2, 0.25) is 0 Å². The van der Waals surface area contributed by atoms with Crippen molar-refractivity contribution in [2.24, 2.45) is 0 Å². The van der Waals surface area contributed by atoms with Crippen molar-refractivity contribution in [1.29, 1.82) is 0 Å². The van der Waals surface area contributed by atoms with Gasteiger partial charge in [0.15, 0.2) is 0 Å². The molecule has 7 nitrogen and oxygen atoms in total. The van der Waals surface area contributed by atoms with Gasteiger partial charge in [0.05, 0.1) is 13.2 Å². The molecule has 0 unspecified atom stereocenters. The number of ether oxygens (including phenoxy) is 1. The van der Waals surface area contributed by atoms with Gasteiger partial charge >= 0.3 is 12.0 Å². The lowest BCUT2D eigenvalue weighted by Crippen LogP contribution is -2.41. The quantitative estimate of drug-likeness (QED) is 0.566. The van der Waals surface area contributed by atoms with Crippen LogP contribution in [0.3, 0.4) is 0 Å². The number of carboxylic acids is 1. The van der Waals surface area contributed by atoms with Crippen molar-refractivity contribution in [3.05, 3.63) is 29.8 Å². The zero-order chi connectivity index (χ0) is 17.1. The molecular weight excluding hydrogens is 300 g/mol. The topological polar surface area (TPSA) is 99.1 Å². The second-order valence-corrected chi connectivity index (χ2v) is 4.95. The molecule has 0 saturated heterocycles. The Morgan fingerprint density at radius 2 is 2.13 bits per heavy atom. The molecule has 2 amide bonds. The molecule has 1 rings (SSSR count). The summed E-state index contributed by atoms with van der Waals surface area (Å²) in [5.74, 6) is -0.157. The van der Waals surface area contributed by atoms with Crippen LogP contribution in [0.4, 0.5) is 4.79 Å². The van der Waals surface area contributed by atoms with Crippen LogP contribution in [0.25, 0.3) is 0 Å². The van der Waals surface area contributed by atoms with Crippen molar-refractivity contribution in [3.63, 3.8) is 0 Å². The number of rotatable bonds is 10. The molecule has 0 bridgehead atoms. The van der Waals surface area contributed by atoms with Gasteiger partial charge in [-0.25, -0.2) is 4.79 Å². The fourth-order valence-electron chi connectivity index (χ4n) is 2.04. The molecule has 0 radical (unpaired) electrons. The molecule has 128 valence electrons. The molecule has 0 atom stereocenters. The first-order valence-corrected chi connectivity index (χ1v) is 7.64. The fraction of sp³-hybridized carbons (Fsp3) is 0.500. The van der Waals surface area contributed by atoms with Gasteiger partial charge in [-0.1, -0.05) is 12.1 Å². The Morgan fingerprint density at radius 1 is 1.35 bits per heavy atom. The summed E-state index contributed by atoms with van der Waals surface area (Å²) in [7, 11) is 0. The Kier molecular flexibility index (Phi) is 8.52. The molecule has 0 aromatic heterocycles. The maximum atomic E-state index is 12.1. The summed E-state index contributed by atoms with van der Waals surface area (Å²) in [6.07, 6.45) is 0.380. The van der Waals surface area contributed by atoms with Crippen LogP contribution in [-0.4, -0.2) is 53.4 Å². The van der Waals surface area contributed by atoms with E-state index in [-0.39, 0.29) is 32.1 Å². The van der Waals surface area contributed by atoms with Crippen molar-refractivity contribution in [2.75, 3.05) is 26.3 Å². The molecule has 0 heterocycles. The molecule has 23 heavy (non-hydrogen) atoms. The number of carbonyl (C=O) groups excluding carboxylic acids is 1. The third-order valence-corrected chi connectivity index (χ3v) is 3.08. The molecular formula is C16H24N2O5. The zero-order valence-corrected chi connectivity index (χ0v) is 13.3. The van der Waals surface area contributed by atoms with E-state index in [0.717, 1.165) is 11.3 Å². The summed E-state index contributed by atoms with van der Waals surface area (Å²) in [5.41, 5.74) is 0.894. The first-order valence-electron chi connectivity index (χ1n) is 7.64. The highest BCUT2D eigenvalue weighted by atomic mass is 16.5. The Labute approximate surface area is 135 Å². The standard InChI is InChI=1S/C16H24N2O5/c1-2-23-14-6-3-5-13(11-14)12-18(9-10-19)16(22)17-8-4-7-15(20)21/h3,5-6,11,19H,2,4,7-10,12H2,1H3,(H,17,22)(H,20,21). The van der Waals surface area contributed by atoms with Crippen LogP contribution >= 0.6 is 0 Å². The predicted octanol–water partition coefficient (Wildman–Crippen LogP) is 1.45. The van der Waals surface area contributed by atoms with Crippen molar-refractivity contribution in [3.8, 4) is 5.75 Å². The van der Waals surface area contributed by atoms with Crippen LogP contribution in [0.5, 0.6) is 5.75 Å². The Balaban J connectivity index is 2.57. The van der Waals surface area contributed by atoms with Crippen molar-refractivity contribution in [2.45, 2.75) is 26.3 Å². The number of nitrogens with zero attached hydrogens (tertiary/aromatic N) is 1. The van der Waals surface area contributed by atoms with Gasteiger partial charge in [0.2, 0.25) is 0 Å². The summed E-state index contributed by atoms with van der Waals surface area (Å²) in [5, 5.41) is 20.4. The number of aliphatic hydroxyl groups excluding tert-OH is 1. The smallest absolute Gasteiger partial charge is 0.317 e. The molecule has 0 aliphatic carbocycles. The van der Waals surface area contributed by atoms with Gasteiger partial charge in [-0.2, -0.15) is 0 Å². The van der Waals surface area contributed by atoms with Gasteiger partial charge in [0.1, 0.15) is 5.75 Å². The summed E-state index contributed by atoms with van der Waals surface area (Å²) < 4.78 is 5.43. The number of benzene rings is 1. The maximum Gasteiger partial charge on any atom is 0.317 e. The van der Waals surface area contributed by atoms with Gasteiger partial charge < -0.3 is 25.2 Å². The SMILES string of the molecule is CCOc1cccc(CN(CCO)C(=O)NCCCC(=O)O)c1. The zero-order valence-electron chi connectivity index (χ0n) is 13.3. The fourth-order valence-corrected chi connectivity index (χ4v) is 2.04. The number of urea groups is 1. The Bertz CT molecular complexity index is 507. The second kappa shape index (κ2) is 10.4. The van der Waals surface area contributed by atoms with E-state index in [1.165, 1.54) is 4.90 Å². The largest absolute Gasteiger partial charge is 0.494 e. The molecule has 1 aromatic carbocycles. The first kappa shape index (κ1) is 18.8. The minimum atomic E-state index is -0.890. The third-order valence-electron chi connectivity index (χ3n) is 3.08. The second-order valence-electron chi connectivity index (χ2n) is 4.95. The van der Waals surface area contributed by atoms with E-state index >= 15 is 0 Å². The summed E-state index contributed by atoms with van der Waals surface area (Å²) in [6.45, 7) is 3.14. The lowest BCUT2D eigenvalue weighted by molar-refractivity contribution is -0.137. The number of hydrogen-bond donors (Lipinski definition) is 3. The lowest BCUT2D eigenvalue weighted by Gasteiger charge is -2.22. The van der Waals surface area contributed by atoms with Crippen molar-refractivity contribution >= 4 is 12.0 Å². The molecule has 3 N–H and O–H groups in total. The number of amides is 2. The van der Waals surface area contributed by atoms with E-state index in [9.17, 15) is 9.59 Å². The van der Waals surface area contributed by atoms with E-state index in [4.69, 9.17) is 14.9 Å². The molecule has 7 heteroatoms. The number of hydrogen-bond acceptors (Lipinski definition) is 4. The summed E-state index contributed by atoms with van der Waals surface area (Å²) in [4.78, 5) is 24.0. The Hall–Kier alpha value is -2.28. The highest BCUT2D eigenvalue weighted by Crippen LogP contribution is 2.15. The van der Waals surface area contributed by atoms with Crippen LogP contribution in [0, 0.1) is 0 Å². The van der Waals surface area contributed by atoms with Gasteiger partial charge in [-0.3, -0.25) is 4.79 Å². The number of nitrogens with one attached hydrogen (secondary N) is 1. The summed E-state index contributed by atoms with van der Waals surface area (Å²) in [6, 6.07) is 7.10. The lowest BCUT2D eigenvalue weighted by atomic mass is 10.2. The predicted molar refractivity (Wildman–Crippen MR) is 85.4 cm³/mol. The summed E-state index contributed by atoms with van der Waals surface area (Å²) >= 11 is 0. The van der Waals surface area contributed by atoms with E-state index < -0.39 is 5.97 Å².